The molecule has 5 nitrogen and oxygen atoms in total. The van der Waals surface area contributed by atoms with Crippen LogP contribution in [0.2, 0.25) is 5.02 Å². The maximum Gasteiger partial charge on any atom is 0.261 e. The lowest BCUT2D eigenvalue weighted by molar-refractivity contribution is -0.127. The van der Waals surface area contributed by atoms with Crippen LogP contribution in [0.25, 0.3) is 0 Å². The Morgan fingerprint density at radius 1 is 1.26 bits per heavy atom. The molecule has 0 aliphatic heterocycles. The van der Waals surface area contributed by atoms with Crippen molar-refractivity contribution in [3.8, 4) is 5.75 Å². The summed E-state index contributed by atoms with van der Waals surface area (Å²) in [6.45, 7) is 1.64. The predicted octanol–water partition coefficient (Wildman–Crippen LogP) is 3.89. The van der Waals surface area contributed by atoms with Gasteiger partial charge >= 0.3 is 0 Å². The molecular weight excluding hydrogens is 369 g/mol. The molecule has 1 amide bonds. The molecule has 1 heterocycles. The van der Waals surface area contributed by atoms with E-state index in [-0.39, 0.29) is 11.7 Å². The number of carbonyl (C=O) groups excluding carboxylic acids is 1. The van der Waals surface area contributed by atoms with E-state index >= 15 is 0 Å². The van der Waals surface area contributed by atoms with Crippen molar-refractivity contribution >= 4 is 17.5 Å². The Hall–Kier alpha value is -2.86. The van der Waals surface area contributed by atoms with Gasteiger partial charge in [-0.05, 0) is 48.9 Å². The number of nitrogens with one attached hydrogen (secondary N) is 1. The van der Waals surface area contributed by atoms with Crippen molar-refractivity contribution in [3.05, 3.63) is 83.2 Å². The molecule has 0 aliphatic rings. The largest absolute Gasteiger partial charge is 0.481 e. The van der Waals surface area contributed by atoms with Gasteiger partial charge in [0, 0.05) is 24.5 Å². The lowest BCUT2D eigenvalue weighted by atomic mass is 10.1. The van der Waals surface area contributed by atoms with Crippen molar-refractivity contribution in [2.45, 2.75) is 19.1 Å². The quantitative estimate of drug-likeness (QED) is 0.698. The summed E-state index contributed by atoms with van der Waals surface area (Å²) in [5, 5.41) is 3.48. The van der Waals surface area contributed by atoms with E-state index < -0.39 is 12.1 Å². The van der Waals surface area contributed by atoms with Crippen LogP contribution < -0.4 is 10.1 Å². The highest BCUT2D eigenvalue weighted by Gasteiger charge is 2.24. The van der Waals surface area contributed by atoms with Gasteiger partial charge in [0.2, 0.25) is 0 Å². The van der Waals surface area contributed by atoms with Crippen molar-refractivity contribution in [1.82, 2.24) is 14.9 Å². The second-order valence-corrected chi connectivity index (χ2v) is 6.54. The number of imidazole rings is 1. The zero-order valence-corrected chi connectivity index (χ0v) is 15.7. The third-order valence-corrected chi connectivity index (χ3v) is 4.33. The summed E-state index contributed by atoms with van der Waals surface area (Å²) < 4.78 is 21.2. The van der Waals surface area contributed by atoms with Crippen LogP contribution in [-0.4, -0.2) is 21.6 Å². The maximum absolute atomic E-state index is 13.7. The smallest absolute Gasteiger partial charge is 0.261 e. The molecule has 0 bridgehead atoms. The second-order valence-electron chi connectivity index (χ2n) is 6.11. The minimum atomic E-state index is -0.762. The molecule has 0 saturated carbocycles. The first-order valence-corrected chi connectivity index (χ1v) is 8.77. The molecule has 1 N–H and O–H groups in total. The summed E-state index contributed by atoms with van der Waals surface area (Å²) in [4.78, 5) is 17.0. The zero-order valence-electron chi connectivity index (χ0n) is 14.9. The molecular formula is C20H19ClFN3O2. The first-order chi connectivity index (χ1) is 12.9. The van der Waals surface area contributed by atoms with Crippen LogP contribution in [0.4, 0.5) is 4.39 Å². The fourth-order valence-corrected chi connectivity index (χ4v) is 2.79. The van der Waals surface area contributed by atoms with E-state index in [1.165, 1.54) is 12.1 Å². The zero-order chi connectivity index (χ0) is 19.4. The van der Waals surface area contributed by atoms with Crippen LogP contribution in [0, 0.1) is 5.82 Å². The van der Waals surface area contributed by atoms with E-state index in [1.807, 2.05) is 7.05 Å². The highest BCUT2D eigenvalue weighted by Crippen LogP contribution is 2.22. The summed E-state index contributed by atoms with van der Waals surface area (Å²) in [6.07, 6.45) is 2.63. The van der Waals surface area contributed by atoms with E-state index in [1.54, 1.807) is 60.3 Å². The van der Waals surface area contributed by atoms with E-state index in [9.17, 15) is 9.18 Å². The van der Waals surface area contributed by atoms with Gasteiger partial charge < -0.3 is 14.6 Å². The molecule has 1 aromatic heterocycles. The number of nitrogens with zero attached hydrogens (tertiary/aromatic N) is 2. The lowest BCUT2D eigenvalue weighted by Gasteiger charge is -2.22. The first kappa shape index (κ1) is 18.9. The van der Waals surface area contributed by atoms with Crippen molar-refractivity contribution in [2.75, 3.05) is 0 Å². The third-order valence-electron chi connectivity index (χ3n) is 4.08. The number of aryl methyl sites for hydroxylation is 1. The summed E-state index contributed by atoms with van der Waals surface area (Å²) in [6, 6.07) is 12.2. The van der Waals surface area contributed by atoms with Gasteiger partial charge in [-0.3, -0.25) is 4.79 Å². The summed E-state index contributed by atoms with van der Waals surface area (Å²) >= 11 is 5.86. The Labute approximate surface area is 161 Å². The fourth-order valence-electron chi connectivity index (χ4n) is 2.67. The first-order valence-electron chi connectivity index (χ1n) is 8.39. The van der Waals surface area contributed by atoms with E-state index in [0.717, 1.165) is 0 Å². The van der Waals surface area contributed by atoms with Crippen molar-refractivity contribution < 1.29 is 13.9 Å². The molecule has 0 fully saturated rings. The molecule has 0 saturated heterocycles. The number of aromatic nitrogens is 2. The minimum Gasteiger partial charge on any atom is -0.481 e. The molecule has 3 rings (SSSR count). The van der Waals surface area contributed by atoms with Crippen molar-refractivity contribution in [2.24, 2.45) is 7.05 Å². The molecule has 2 aromatic carbocycles. The van der Waals surface area contributed by atoms with E-state index in [2.05, 4.69) is 10.3 Å². The average molecular weight is 388 g/mol. The summed E-state index contributed by atoms with van der Waals surface area (Å²) in [5.74, 6) is 0.391. The maximum atomic E-state index is 13.7. The lowest BCUT2D eigenvalue weighted by Crippen LogP contribution is -2.39. The van der Waals surface area contributed by atoms with E-state index in [0.29, 0.717) is 22.2 Å². The van der Waals surface area contributed by atoms with Gasteiger partial charge in [0.25, 0.3) is 5.91 Å². The number of carbonyl (C=O) groups is 1. The highest BCUT2D eigenvalue weighted by atomic mass is 35.5. The highest BCUT2D eigenvalue weighted by molar-refractivity contribution is 6.30. The van der Waals surface area contributed by atoms with Gasteiger partial charge in [0.15, 0.2) is 6.10 Å². The standard InChI is InChI=1S/C20H19ClFN3O2/c1-13(27-17-8-6-15(21)7-9-17)20(26)24-18(19-23-10-11-25(19)2)14-4-3-5-16(22)12-14/h3-13,18H,1-2H3,(H,24,26). The Balaban J connectivity index is 1.80. The second kappa shape index (κ2) is 8.22. The Bertz CT molecular complexity index is 927. The topological polar surface area (TPSA) is 56.1 Å². The van der Waals surface area contributed by atoms with E-state index in [4.69, 9.17) is 16.3 Å². The number of halogens is 2. The third kappa shape index (κ3) is 4.65. The molecule has 2 atom stereocenters. The van der Waals surface area contributed by atoms with Crippen molar-refractivity contribution in [3.63, 3.8) is 0 Å². The van der Waals surface area contributed by atoms with Crippen LogP contribution in [0.5, 0.6) is 5.75 Å². The number of rotatable bonds is 6. The summed E-state index contributed by atoms with van der Waals surface area (Å²) in [5.41, 5.74) is 0.594. The predicted molar refractivity (Wildman–Crippen MR) is 101 cm³/mol. The van der Waals surface area contributed by atoms with Crippen LogP contribution >= 0.6 is 11.6 Å². The van der Waals surface area contributed by atoms with Gasteiger partial charge in [-0.25, -0.2) is 9.37 Å². The molecule has 0 spiro atoms. The van der Waals surface area contributed by atoms with Crippen LogP contribution in [0.3, 0.4) is 0 Å². The monoisotopic (exact) mass is 387 g/mol. The number of hydrogen-bond acceptors (Lipinski definition) is 3. The van der Waals surface area contributed by atoms with Crippen LogP contribution in [0.1, 0.15) is 24.4 Å². The fraction of sp³-hybridized carbons (Fsp3) is 0.200. The van der Waals surface area contributed by atoms with Crippen LogP contribution in [-0.2, 0) is 11.8 Å². The molecule has 3 aromatic rings. The molecule has 0 aliphatic carbocycles. The number of benzene rings is 2. The molecule has 2 unspecified atom stereocenters. The normalized spacial score (nSPS) is 13.0. The van der Waals surface area contributed by atoms with Gasteiger partial charge in [-0.1, -0.05) is 23.7 Å². The van der Waals surface area contributed by atoms with Crippen molar-refractivity contribution in [1.29, 1.82) is 0 Å². The van der Waals surface area contributed by atoms with Crippen LogP contribution in [0.15, 0.2) is 60.9 Å². The Kier molecular flexibility index (Phi) is 5.76. The van der Waals surface area contributed by atoms with Gasteiger partial charge in [0.1, 0.15) is 23.4 Å². The number of ether oxygens (including phenoxy) is 1. The van der Waals surface area contributed by atoms with Gasteiger partial charge in [0.05, 0.1) is 0 Å². The average Bonchev–Trinajstić information content (AvgIpc) is 3.07. The number of hydrogen-bond donors (Lipinski definition) is 1. The number of amides is 1. The van der Waals surface area contributed by atoms with Gasteiger partial charge in [-0.15, -0.1) is 0 Å². The van der Waals surface area contributed by atoms with Gasteiger partial charge in [-0.2, -0.15) is 0 Å². The molecule has 7 heteroatoms. The Morgan fingerprint density at radius 3 is 2.63 bits per heavy atom. The molecule has 27 heavy (non-hydrogen) atoms. The molecule has 140 valence electrons. The minimum absolute atomic E-state index is 0.345. The summed E-state index contributed by atoms with van der Waals surface area (Å²) in [7, 11) is 1.81. The SMILES string of the molecule is CC(Oc1ccc(Cl)cc1)C(=O)NC(c1cccc(F)c1)c1nccn1C. The molecule has 0 radical (unpaired) electrons. The Morgan fingerprint density at radius 2 is 2.00 bits per heavy atom.